The van der Waals surface area contributed by atoms with Crippen molar-refractivity contribution in [1.29, 1.82) is 0 Å². The normalized spacial score (nSPS) is 11.6. The van der Waals surface area contributed by atoms with Gasteiger partial charge >= 0.3 is 0 Å². The first-order valence-corrected chi connectivity index (χ1v) is 5.70. The number of rotatable bonds is 5. The lowest BCUT2D eigenvalue weighted by Crippen LogP contribution is -2.42. The molecule has 0 spiro atoms. The molecule has 0 fully saturated rings. The minimum atomic E-state index is -0.225. The highest BCUT2D eigenvalue weighted by Gasteiger charge is 2.12. The van der Waals surface area contributed by atoms with Crippen molar-refractivity contribution in [1.82, 2.24) is 10.6 Å². The lowest BCUT2D eigenvalue weighted by Gasteiger charge is -2.19. The number of unbranched alkanes of at least 4 members (excludes halogenated alkanes) is 1. The van der Waals surface area contributed by atoms with Gasteiger partial charge in [0.05, 0.1) is 0 Å². The summed E-state index contributed by atoms with van der Waals surface area (Å²) in [6, 6.07) is 0. The molecule has 0 aromatic carbocycles. The molecule has 0 radical (unpaired) electrons. The predicted octanol–water partition coefficient (Wildman–Crippen LogP) is 1.22. The fourth-order valence-corrected chi connectivity index (χ4v) is 1.06. The summed E-state index contributed by atoms with van der Waals surface area (Å²) in [5.74, 6) is 0.213. The molecule has 0 saturated heterocycles. The van der Waals surface area contributed by atoms with Crippen LogP contribution in [-0.2, 0) is 4.79 Å². The van der Waals surface area contributed by atoms with Crippen LogP contribution >= 0.6 is 24.0 Å². The van der Waals surface area contributed by atoms with Crippen LogP contribution in [-0.4, -0.2) is 30.5 Å². The first-order valence-electron chi connectivity index (χ1n) is 5.70. The standard InChI is InChI=1S/C11H24N4O.HI/c1-5-6-7-13-10(12)14-8-9(16)15-11(2,3)4;/h5-8H2,1-4H3,(H,15,16)(H3,12,13,14);1H. The van der Waals surface area contributed by atoms with Crippen LogP contribution in [0.25, 0.3) is 0 Å². The fraction of sp³-hybridized carbons (Fsp3) is 0.818. The van der Waals surface area contributed by atoms with Crippen molar-refractivity contribution in [2.45, 2.75) is 46.1 Å². The third kappa shape index (κ3) is 13.4. The fourth-order valence-electron chi connectivity index (χ4n) is 1.06. The van der Waals surface area contributed by atoms with E-state index in [4.69, 9.17) is 5.73 Å². The molecule has 4 N–H and O–H groups in total. The third-order valence-electron chi connectivity index (χ3n) is 1.74. The molecule has 17 heavy (non-hydrogen) atoms. The van der Waals surface area contributed by atoms with Crippen LogP contribution in [0, 0.1) is 0 Å². The van der Waals surface area contributed by atoms with Gasteiger partial charge in [-0.15, -0.1) is 24.0 Å². The minimum Gasteiger partial charge on any atom is -0.370 e. The molecule has 1 amide bonds. The van der Waals surface area contributed by atoms with Gasteiger partial charge in [0.2, 0.25) is 5.91 Å². The lowest BCUT2D eigenvalue weighted by atomic mass is 10.1. The predicted molar refractivity (Wildman–Crippen MR) is 82.7 cm³/mol. The number of carbonyl (C=O) groups is 1. The van der Waals surface area contributed by atoms with Crippen LogP contribution in [0.15, 0.2) is 4.99 Å². The Morgan fingerprint density at radius 1 is 1.35 bits per heavy atom. The number of hydrogen-bond acceptors (Lipinski definition) is 2. The van der Waals surface area contributed by atoms with Gasteiger partial charge in [-0.3, -0.25) is 4.79 Å². The van der Waals surface area contributed by atoms with Crippen molar-refractivity contribution in [3.63, 3.8) is 0 Å². The van der Waals surface area contributed by atoms with Gasteiger partial charge in [0.1, 0.15) is 6.54 Å². The third-order valence-corrected chi connectivity index (χ3v) is 1.74. The maximum Gasteiger partial charge on any atom is 0.242 e. The smallest absolute Gasteiger partial charge is 0.242 e. The van der Waals surface area contributed by atoms with Crippen molar-refractivity contribution >= 4 is 35.8 Å². The number of nitrogens with one attached hydrogen (secondary N) is 2. The molecule has 0 aromatic heterocycles. The van der Waals surface area contributed by atoms with Crippen LogP contribution in [0.3, 0.4) is 0 Å². The molecule has 5 nitrogen and oxygen atoms in total. The number of aliphatic imine (C=N–C) groups is 1. The van der Waals surface area contributed by atoms with E-state index in [1.807, 2.05) is 20.8 Å². The van der Waals surface area contributed by atoms with Crippen LogP contribution < -0.4 is 16.4 Å². The second-order valence-corrected chi connectivity index (χ2v) is 4.78. The molecule has 0 bridgehead atoms. The van der Waals surface area contributed by atoms with E-state index < -0.39 is 0 Å². The van der Waals surface area contributed by atoms with Gasteiger partial charge in [-0.1, -0.05) is 13.3 Å². The molecule has 0 atom stereocenters. The van der Waals surface area contributed by atoms with Crippen LogP contribution in [0.5, 0.6) is 0 Å². The highest BCUT2D eigenvalue weighted by Crippen LogP contribution is 1.97. The number of carbonyl (C=O) groups excluding carboxylic acids is 1. The molecule has 0 unspecified atom stereocenters. The minimum absolute atomic E-state index is 0. The number of nitrogens with two attached hydrogens (primary N) is 1. The first-order chi connectivity index (χ1) is 7.35. The summed E-state index contributed by atoms with van der Waals surface area (Å²) in [7, 11) is 0. The van der Waals surface area contributed by atoms with E-state index in [0.717, 1.165) is 19.4 Å². The lowest BCUT2D eigenvalue weighted by molar-refractivity contribution is -0.121. The number of guanidine groups is 1. The van der Waals surface area contributed by atoms with E-state index in [2.05, 4.69) is 22.5 Å². The van der Waals surface area contributed by atoms with Gasteiger partial charge in [-0.05, 0) is 27.2 Å². The summed E-state index contributed by atoms with van der Waals surface area (Å²) in [5.41, 5.74) is 5.36. The Bertz CT molecular complexity index is 248. The highest BCUT2D eigenvalue weighted by molar-refractivity contribution is 14.0. The maximum absolute atomic E-state index is 11.4. The Morgan fingerprint density at radius 3 is 2.41 bits per heavy atom. The molecule has 0 aliphatic heterocycles. The molecule has 0 heterocycles. The molecule has 0 aliphatic carbocycles. The number of nitrogens with zero attached hydrogens (tertiary/aromatic N) is 1. The van der Waals surface area contributed by atoms with Crippen molar-refractivity contribution < 1.29 is 4.79 Å². The zero-order valence-corrected chi connectivity index (χ0v) is 13.5. The second kappa shape index (κ2) is 9.49. The molecule has 0 aliphatic rings. The molecule has 0 rings (SSSR count). The van der Waals surface area contributed by atoms with E-state index >= 15 is 0 Å². The van der Waals surface area contributed by atoms with E-state index in [-0.39, 0.29) is 42.0 Å². The Balaban J connectivity index is 0. The zero-order chi connectivity index (χ0) is 12.6. The van der Waals surface area contributed by atoms with Gasteiger partial charge in [-0.25, -0.2) is 4.99 Å². The monoisotopic (exact) mass is 356 g/mol. The maximum atomic E-state index is 11.4. The van der Waals surface area contributed by atoms with Gasteiger partial charge in [-0.2, -0.15) is 0 Å². The molecular formula is C11H25IN4O. The summed E-state index contributed by atoms with van der Waals surface area (Å²) in [6.07, 6.45) is 2.15. The van der Waals surface area contributed by atoms with Crippen LogP contribution in [0.2, 0.25) is 0 Å². The Morgan fingerprint density at radius 2 is 1.94 bits per heavy atom. The summed E-state index contributed by atoms with van der Waals surface area (Å²) in [4.78, 5) is 15.3. The SMILES string of the molecule is CCCCNC(N)=NCC(=O)NC(C)(C)C.I. The van der Waals surface area contributed by atoms with Crippen molar-refractivity contribution in [3.05, 3.63) is 0 Å². The molecule has 6 heteroatoms. The highest BCUT2D eigenvalue weighted by atomic mass is 127. The van der Waals surface area contributed by atoms with Gasteiger partial charge in [0.25, 0.3) is 0 Å². The van der Waals surface area contributed by atoms with E-state index in [1.165, 1.54) is 0 Å². The Kier molecular flexibility index (Phi) is 10.5. The Hall–Kier alpha value is -0.530. The van der Waals surface area contributed by atoms with Gasteiger partial charge < -0.3 is 16.4 Å². The molecule has 0 aromatic rings. The van der Waals surface area contributed by atoms with Crippen molar-refractivity contribution in [2.24, 2.45) is 10.7 Å². The topological polar surface area (TPSA) is 79.5 Å². The summed E-state index contributed by atoms with van der Waals surface area (Å²) in [6.45, 7) is 8.76. The van der Waals surface area contributed by atoms with Crippen molar-refractivity contribution in [3.8, 4) is 0 Å². The summed E-state index contributed by atoms with van der Waals surface area (Å²) >= 11 is 0. The number of hydrogen-bond donors (Lipinski definition) is 3. The van der Waals surface area contributed by atoms with E-state index in [0.29, 0.717) is 5.96 Å². The summed E-state index contributed by atoms with van der Waals surface area (Å²) in [5, 5.41) is 5.76. The van der Waals surface area contributed by atoms with Crippen molar-refractivity contribution in [2.75, 3.05) is 13.1 Å². The first kappa shape index (κ1) is 18.8. The van der Waals surface area contributed by atoms with Gasteiger partial charge in [0, 0.05) is 12.1 Å². The average Bonchev–Trinajstić information content (AvgIpc) is 2.12. The molecule has 0 saturated carbocycles. The average molecular weight is 356 g/mol. The molecule has 102 valence electrons. The zero-order valence-electron chi connectivity index (χ0n) is 11.2. The number of halogens is 1. The molecular weight excluding hydrogens is 331 g/mol. The van der Waals surface area contributed by atoms with E-state index in [9.17, 15) is 4.79 Å². The van der Waals surface area contributed by atoms with Crippen LogP contribution in [0.1, 0.15) is 40.5 Å². The number of amides is 1. The Labute approximate surface area is 121 Å². The second-order valence-electron chi connectivity index (χ2n) is 4.78. The summed E-state index contributed by atoms with van der Waals surface area (Å²) < 4.78 is 0. The van der Waals surface area contributed by atoms with Crippen LogP contribution in [0.4, 0.5) is 0 Å². The largest absolute Gasteiger partial charge is 0.370 e. The van der Waals surface area contributed by atoms with E-state index in [1.54, 1.807) is 0 Å². The quantitative estimate of drug-likeness (QED) is 0.300. The van der Waals surface area contributed by atoms with Gasteiger partial charge in [0.15, 0.2) is 5.96 Å².